The average molecular weight is 393 g/mol. The number of benzene rings is 1. The molecule has 108 valence electrons. The summed E-state index contributed by atoms with van der Waals surface area (Å²) in [6.07, 6.45) is 5.53. The summed E-state index contributed by atoms with van der Waals surface area (Å²) >= 11 is 2.31. The second kappa shape index (κ2) is 5.97. The van der Waals surface area contributed by atoms with Crippen molar-refractivity contribution >= 4 is 22.6 Å². The highest BCUT2D eigenvalue weighted by atomic mass is 127. The number of hydrogen-bond donors (Lipinski definition) is 0. The van der Waals surface area contributed by atoms with Crippen LogP contribution in [0.2, 0.25) is 0 Å². The topological polar surface area (TPSA) is 48.5 Å². The van der Waals surface area contributed by atoms with Gasteiger partial charge < -0.3 is 0 Å². The highest BCUT2D eigenvalue weighted by Gasteiger charge is 2.09. The number of rotatable bonds is 4. The summed E-state index contributed by atoms with van der Waals surface area (Å²) in [7, 11) is 0. The Kier molecular flexibility index (Phi) is 4.05. The minimum Gasteiger partial charge on any atom is -0.264 e. The minimum atomic E-state index is 0.300. The summed E-state index contributed by atoms with van der Waals surface area (Å²) in [4.78, 5) is 4.32. The first-order valence-electron chi connectivity index (χ1n) is 6.80. The van der Waals surface area contributed by atoms with Crippen molar-refractivity contribution in [1.82, 2.24) is 24.5 Å². The maximum atomic E-state index is 4.42. The van der Waals surface area contributed by atoms with E-state index in [1.807, 2.05) is 21.8 Å². The van der Waals surface area contributed by atoms with E-state index < -0.39 is 0 Å². The van der Waals surface area contributed by atoms with Gasteiger partial charge >= 0.3 is 0 Å². The molecule has 0 aliphatic rings. The quantitative estimate of drug-likeness (QED) is 0.639. The Bertz CT molecular complexity index is 727. The van der Waals surface area contributed by atoms with E-state index in [4.69, 9.17) is 0 Å². The molecule has 0 aliphatic heterocycles. The van der Waals surface area contributed by atoms with Crippen molar-refractivity contribution in [3.05, 3.63) is 52.4 Å². The lowest BCUT2D eigenvalue weighted by Crippen LogP contribution is -2.12. The first-order chi connectivity index (χ1) is 10.1. The summed E-state index contributed by atoms with van der Waals surface area (Å²) in [6, 6.07) is 8.72. The van der Waals surface area contributed by atoms with Crippen molar-refractivity contribution in [2.45, 2.75) is 26.4 Å². The van der Waals surface area contributed by atoms with Crippen LogP contribution in [0.5, 0.6) is 0 Å². The van der Waals surface area contributed by atoms with Gasteiger partial charge in [0.25, 0.3) is 0 Å². The summed E-state index contributed by atoms with van der Waals surface area (Å²) in [5.41, 5.74) is 2.29. The zero-order chi connectivity index (χ0) is 14.8. The predicted octanol–water partition coefficient (Wildman–Crippen LogP) is 3.38. The van der Waals surface area contributed by atoms with Gasteiger partial charge in [-0.25, -0.2) is 9.67 Å². The molecule has 0 radical (unpaired) electrons. The minimum absolute atomic E-state index is 0.300. The van der Waals surface area contributed by atoms with Crippen LogP contribution < -0.4 is 0 Å². The zero-order valence-electron chi connectivity index (χ0n) is 11.9. The zero-order valence-corrected chi connectivity index (χ0v) is 14.1. The van der Waals surface area contributed by atoms with Gasteiger partial charge in [-0.2, -0.15) is 10.2 Å². The Morgan fingerprint density at radius 3 is 2.57 bits per heavy atom. The third-order valence-corrected chi connectivity index (χ3v) is 3.97. The first-order valence-corrected chi connectivity index (χ1v) is 7.88. The lowest BCUT2D eigenvalue weighted by Gasteiger charge is -2.08. The molecule has 0 spiro atoms. The molecule has 0 saturated carbocycles. The standard InChI is InChI=1S/C15H16IN5/c1-11(2)21-15(17-10-19-21)9-20-8-13(7-18-20)12-3-5-14(16)6-4-12/h3-8,10-11H,9H2,1-2H3. The Morgan fingerprint density at radius 1 is 1.10 bits per heavy atom. The monoisotopic (exact) mass is 393 g/mol. The number of aromatic nitrogens is 5. The molecule has 0 saturated heterocycles. The summed E-state index contributed by atoms with van der Waals surface area (Å²) < 4.78 is 5.05. The average Bonchev–Trinajstić information content (AvgIpc) is 3.09. The smallest absolute Gasteiger partial charge is 0.148 e. The third kappa shape index (κ3) is 3.15. The van der Waals surface area contributed by atoms with Gasteiger partial charge in [0.1, 0.15) is 18.7 Å². The third-order valence-electron chi connectivity index (χ3n) is 3.25. The molecule has 6 heteroatoms. The van der Waals surface area contributed by atoms with E-state index in [1.54, 1.807) is 6.33 Å². The van der Waals surface area contributed by atoms with Crippen LogP contribution in [0.3, 0.4) is 0 Å². The highest BCUT2D eigenvalue weighted by Crippen LogP contribution is 2.20. The van der Waals surface area contributed by atoms with E-state index >= 15 is 0 Å². The highest BCUT2D eigenvalue weighted by molar-refractivity contribution is 14.1. The fourth-order valence-corrected chi connectivity index (χ4v) is 2.56. The van der Waals surface area contributed by atoms with E-state index in [1.165, 1.54) is 9.13 Å². The van der Waals surface area contributed by atoms with Gasteiger partial charge in [-0.15, -0.1) is 0 Å². The maximum Gasteiger partial charge on any atom is 0.148 e. The van der Waals surface area contributed by atoms with E-state index in [-0.39, 0.29) is 0 Å². The molecule has 2 heterocycles. The second-order valence-corrected chi connectivity index (χ2v) is 6.39. The van der Waals surface area contributed by atoms with Crippen molar-refractivity contribution in [3.63, 3.8) is 0 Å². The van der Waals surface area contributed by atoms with Crippen LogP contribution in [0, 0.1) is 3.57 Å². The molecular formula is C15H16IN5. The lowest BCUT2D eigenvalue weighted by atomic mass is 10.1. The van der Waals surface area contributed by atoms with E-state index in [2.05, 4.69) is 75.9 Å². The van der Waals surface area contributed by atoms with Crippen LogP contribution >= 0.6 is 22.6 Å². The normalized spacial score (nSPS) is 11.2. The SMILES string of the molecule is CC(C)n1ncnc1Cn1cc(-c2ccc(I)cc2)cn1. The van der Waals surface area contributed by atoms with Gasteiger partial charge in [0.15, 0.2) is 0 Å². The van der Waals surface area contributed by atoms with Crippen LogP contribution in [-0.2, 0) is 6.54 Å². The van der Waals surface area contributed by atoms with Crippen molar-refractivity contribution in [2.75, 3.05) is 0 Å². The molecule has 3 rings (SSSR count). The molecule has 2 aromatic heterocycles. The van der Waals surface area contributed by atoms with Gasteiger partial charge in [-0.05, 0) is 54.1 Å². The van der Waals surface area contributed by atoms with Crippen molar-refractivity contribution < 1.29 is 0 Å². The molecule has 0 N–H and O–H groups in total. The van der Waals surface area contributed by atoms with Crippen LogP contribution in [0.4, 0.5) is 0 Å². The molecule has 0 amide bonds. The van der Waals surface area contributed by atoms with E-state index in [0.717, 1.165) is 11.4 Å². The fraction of sp³-hybridized carbons (Fsp3) is 0.267. The molecule has 21 heavy (non-hydrogen) atoms. The van der Waals surface area contributed by atoms with Gasteiger partial charge in [0.05, 0.1) is 6.20 Å². The first kappa shape index (κ1) is 14.2. The van der Waals surface area contributed by atoms with E-state index in [9.17, 15) is 0 Å². The molecular weight excluding hydrogens is 377 g/mol. The molecule has 0 unspecified atom stereocenters. The molecule has 0 aliphatic carbocycles. The van der Waals surface area contributed by atoms with Crippen LogP contribution in [0.25, 0.3) is 11.1 Å². The Hall–Kier alpha value is -1.70. The molecule has 0 atom stereocenters. The molecule has 5 nitrogen and oxygen atoms in total. The van der Waals surface area contributed by atoms with E-state index in [0.29, 0.717) is 12.6 Å². The number of nitrogens with zero attached hydrogens (tertiary/aromatic N) is 5. The van der Waals surface area contributed by atoms with Gasteiger partial charge in [0, 0.05) is 21.4 Å². The van der Waals surface area contributed by atoms with Crippen LogP contribution in [0.15, 0.2) is 43.0 Å². The fourth-order valence-electron chi connectivity index (χ4n) is 2.20. The van der Waals surface area contributed by atoms with Crippen LogP contribution in [0.1, 0.15) is 25.7 Å². The molecule has 0 fully saturated rings. The molecule has 0 bridgehead atoms. The van der Waals surface area contributed by atoms with Crippen molar-refractivity contribution in [3.8, 4) is 11.1 Å². The second-order valence-electron chi connectivity index (χ2n) is 5.15. The largest absolute Gasteiger partial charge is 0.264 e. The summed E-state index contributed by atoms with van der Waals surface area (Å²) in [5, 5.41) is 8.67. The molecule has 3 aromatic rings. The Morgan fingerprint density at radius 2 is 1.86 bits per heavy atom. The van der Waals surface area contributed by atoms with Gasteiger partial charge in [-0.1, -0.05) is 12.1 Å². The summed E-state index contributed by atoms with van der Waals surface area (Å²) in [5.74, 6) is 0.919. The Balaban J connectivity index is 1.82. The maximum absolute atomic E-state index is 4.42. The van der Waals surface area contributed by atoms with Gasteiger partial charge in [0.2, 0.25) is 0 Å². The predicted molar refractivity (Wildman–Crippen MR) is 89.9 cm³/mol. The molecule has 1 aromatic carbocycles. The Labute approximate surface area is 137 Å². The summed E-state index contributed by atoms with van der Waals surface area (Å²) in [6.45, 7) is 4.82. The van der Waals surface area contributed by atoms with Gasteiger partial charge in [-0.3, -0.25) is 4.68 Å². The van der Waals surface area contributed by atoms with Crippen molar-refractivity contribution in [1.29, 1.82) is 0 Å². The number of hydrogen-bond acceptors (Lipinski definition) is 3. The van der Waals surface area contributed by atoms with Crippen molar-refractivity contribution in [2.24, 2.45) is 0 Å². The lowest BCUT2D eigenvalue weighted by molar-refractivity contribution is 0.488. The number of halogens is 1. The van der Waals surface area contributed by atoms with Crippen LogP contribution in [-0.4, -0.2) is 24.5 Å².